The van der Waals surface area contributed by atoms with Crippen molar-refractivity contribution in [2.45, 2.75) is 131 Å². The summed E-state index contributed by atoms with van der Waals surface area (Å²) in [4.78, 5) is 57.2. The van der Waals surface area contributed by atoms with Crippen LogP contribution < -0.4 is 10.6 Å². The maximum atomic E-state index is 14.6. The van der Waals surface area contributed by atoms with Crippen LogP contribution in [0, 0.1) is 19.8 Å². The summed E-state index contributed by atoms with van der Waals surface area (Å²) in [5, 5.41) is 5.73. The molecule has 0 aliphatic carbocycles. The molecule has 0 saturated heterocycles. The molecule has 0 radical (unpaired) electrons. The van der Waals surface area contributed by atoms with Crippen LogP contribution in [0.4, 0.5) is 4.79 Å². The van der Waals surface area contributed by atoms with Gasteiger partial charge in [-0.15, -0.1) is 0 Å². The minimum absolute atomic E-state index is 0.201. The van der Waals surface area contributed by atoms with Crippen molar-refractivity contribution < 1.29 is 28.7 Å². The fourth-order valence-electron chi connectivity index (χ4n) is 5.06. The van der Waals surface area contributed by atoms with Gasteiger partial charge in [-0.3, -0.25) is 9.59 Å². The minimum Gasteiger partial charge on any atom is -0.458 e. The molecule has 3 amide bonds. The summed E-state index contributed by atoms with van der Waals surface area (Å²) >= 11 is 0. The Kier molecular flexibility index (Phi) is 13.4. The molecule has 0 bridgehead atoms. The number of ether oxygens (including phenoxy) is 2. The van der Waals surface area contributed by atoms with Crippen molar-refractivity contribution in [1.82, 2.24) is 15.5 Å². The van der Waals surface area contributed by atoms with Gasteiger partial charge >= 0.3 is 12.1 Å². The molecule has 2 N–H and O–H groups in total. The van der Waals surface area contributed by atoms with Gasteiger partial charge in [0.2, 0.25) is 11.8 Å². The smallest absolute Gasteiger partial charge is 0.408 e. The third kappa shape index (κ3) is 11.2. The zero-order chi connectivity index (χ0) is 35.0. The summed E-state index contributed by atoms with van der Waals surface area (Å²) in [6, 6.07) is 11.5. The molecule has 4 atom stereocenters. The lowest BCUT2D eigenvalue weighted by atomic mass is 9.92. The van der Waals surface area contributed by atoms with E-state index in [-0.39, 0.29) is 12.3 Å². The number of nitrogens with zero attached hydrogens (tertiary/aromatic N) is 1. The normalized spacial score (nSPS) is 14.5. The van der Waals surface area contributed by atoms with E-state index in [4.69, 9.17) is 9.47 Å². The molecule has 0 heterocycles. The summed E-state index contributed by atoms with van der Waals surface area (Å²) in [5.41, 5.74) is 1.74. The van der Waals surface area contributed by atoms with Crippen LogP contribution in [-0.4, -0.2) is 58.1 Å². The summed E-state index contributed by atoms with van der Waals surface area (Å²) < 4.78 is 11.2. The molecular weight excluding hydrogens is 582 g/mol. The van der Waals surface area contributed by atoms with Crippen molar-refractivity contribution in [2.24, 2.45) is 5.92 Å². The number of nitrogens with one attached hydrogen (secondary N) is 2. The molecule has 0 spiro atoms. The number of aryl methyl sites for hydroxylation is 1. The minimum atomic E-state index is -1.11. The van der Waals surface area contributed by atoms with Gasteiger partial charge in [0.25, 0.3) is 0 Å². The fourth-order valence-corrected chi connectivity index (χ4v) is 5.06. The number of rotatable bonds is 12. The van der Waals surface area contributed by atoms with Gasteiger partial charge in [-0.1, -0.05) is 69.3 Å². The Bertz CT molecular complexity index is 1340. The number of hydrogen-bond acceptors (Lipinski definition) is 6. The number of benzene rings is 2. The van der Waals surface area contributed by atoms with E-state index in [1.54, 1.807) is 46.4 Å². The number of esters is 1. The molecule has 46 heavy (non-hydrogen) atoms. The maximum Gasteiger partial charge on any atom is 0.408 e. The van der Waals surface area contributed by atoms with Crippen LogP contribution in [0.1, 0.15) is 104 Å². The summed E-state index contributed by atoms with van der Waals surface area (Å²) in [5.74, 6) is -1.83. The Balaban J connectivity index is 2.68. The van der Waals surface area contributed by atoms with Crippen LogP contribution >= 0.6 is 0 Å². The van der Waals surface area contributed by atoms with Crippen molar-refractivity contribution in [2.75, 3.05) is 0 Å². The van der Waals surface area contributed by atoms with Gasteiger partial charge in [-0.25, -0.2) is 9.59 Å². The highest BCUT2D eigenvalue weighted by Crippen LogP contribution is 2.31. The van der Waals surface area contributed by atoms with Crippen LogP contribution in [0.15, 0.2) is 48.5 Å². The highest BCUT2D eigenvalue weighted by atomic mass is 16.6. The number of carbonyl (C=O) groups is 4. The van der Waals surface area contributed by atoms with Crippen LogP contribution in [0.2, 0.25) is 0 Å². The SMILES string of the molecule is CCC(C)N(C(=O)C(NC(=O)OC(C)(C)C)C(C)C)C(C(=O)NC(Cc1ccccc1)C(=O)OC(C)(C)C)c1cccc(C)c1C. The molecule has 2 aromatic rings. The first-order valence-electron chi connectivity index (χ1n) is 16.2. The zero-order valence-corrected chi connectivity index (χ0v) is 29.8. The third-order valence-electron chi connectivity index (χ3n) is 7.68. The van der Waals surface area contributed by atoms with E-state index in [9.17, 15) is 19.2 Å². The van der Waals surface area contributed by atoms with Crippen LogP contribution in [-0.2, 0) is 30.3 Å². The van der Waals surface area contributed by atoms with Gasteiger partial charge in [-0.05, 0) is 96.9 Å². The Morgan fingerprint density at radius 2 is 1.39 bits per heavy atom. The zero-order valence-electron chi connectivity index (χ0n) is 29.8. The monoisotopic (exact) mass is 637 g/mol. The predicted molar refractivity (Wildman–Crippen MR) is 181 cm³/mol. The van der Waals surface area contributed by atoms with E-state index < -0.39 is 59.2 Å². The van der Waals surface area contributed by atoms with E-state index in [0.29, 0.717) is 12.0 Å². The summed E-state index contributed by atoms with van der Waals surface area (Å²) in [6.45, 7) is 21.9. The maximum absolute atomic E-state index is 14.6. The lowest BCUT2D eigenvalue weighted by Crippen LogP contribution is -2.58. The molecule has 9 nitrogen and oxygen atoms in total. The highest BCUT2D eigenvalue weighted by Gasteiger charge is 2.41. The topological polar surface area (TPSA) is 114 Å². The van der Waals surface area contributed by atoms with Gasteiger partial charge in [-0.2, -0.15) is 0 Å². The molecule has 9 heteroatoms. The molecule has 2 aromatic carbocycles. The fraction of sp³-hybridized carbons (Fsp3) is 0.568. The second-order valence-electron chi connectivity index (χ2n) is 14.3. The van der Waals surface area contributed by atoms with E-state index in [0.717, 1.165) is 16.7 Å². The predicted octanol–water partition coefficient (Wildman–Crippen LogP) is 6.59. The van der Waals surface area contributed by atoms with Crippen LogP contribution in [0.3, 0.4) is 0 Å². The first kappa shape index (κ1) is 38.3. The second kappa shape index (κ2) is 16.1. The second-order valence-corrected chi connectivity index (χ2v) is 14.3. The number of amides is 3. The van der Waals surface area contributed by atoms with Crippen LogP contribution in [0.25, 0.3) is 0 Å². The van der Waals surface area contributed by atoms with Gasteiger partial charge in [0.15, 0.2) is 0 Å². The molecule has 0 aliphatic rings. The van der Waals surface area contributed by atoms with Crippen molar-refractivity contribution in [3.8, 4) is 0 Å². The lowest BCUT2D eigenvalue weighted by Gasteiger charge is -2.40. The van der Waals surface area contributed by atoms with Gasteiger partial charge < -0.3 is 25.0 Å². The number of alkyl carbamates (subject to hydrolysis) is 1. The molecule has 254 valence electrons. The molecule has 2 rings (SSSR count). The van der Waals surface area contributed by atoms with Crippen molar-refractivity contribution in [3.05, 3.63) is 70.8 Å². The largest absolute Gasteiger partial charge is 0.458 e. The van der Waals surface area contributed by atoms with Crippen molar-refractivity contribution in [1.29, 1.82) is 0 Å². The first-order chi connectivity index (χ1) is 21.3. The first-order valence-corrected chi connectivity index (χ1v) is 16.2. The molecule has 0 aromatic heterocycles. The highest BCUT2D eigenvalue weighted by molar-refractivity contribution is 5.94. The Morgan fingerprint density at radius 3 is 1.91 bits per heavy atom. The molecule has 0 fully saturated rings. The van der Waals surface area contributed by atoms with Gasteiger partial charge in [0, 0.05) is 12.5 Å². The third-order valence-corrected chi connectivity index (χ3v) is 7.68. The summed E-state index contributed by atoms with van der Waals surface area (Å²) in [6.07, 6.45) is 0.0220. The molecular formula is C37H55N3O6. The van der Waals surface area contributed by atoms with E-state index in [1.165, 1.54) is 0 Å². The van der Waals surface area contributed by atoms with E-state index in [1.807, 2.05) is 90.1 Å². The Hall–Kier alpha value is -3.88. The quantitative estimate of drug-likeness (QED) is 0.254. The number of hydrogen-bond donors (Lipinski definition) is 2. The van der Waals surface area contributed by atoms with Gasteiger partial charge in [0.05, 0.1) is 0 Å². The van der Waals surface area contributed by atoms with E-state index in [2.05, 4.69) is 10.6 Å². The molecule has 0 aliphatic heterocycles. The molecule has 0 saturated carbocycles. The Morgan fingerprint density at radius 1 is 0.804 bits per heavy atom. The number of carbonyl (C=O) groups excluding carboxylic acids is 4. The Labute approximate surface area is 275 Å². The van der Waals surface area contributed by atoms with Crippen LogP contribution in [0.5, 0.6) is 0 Å². The standard InChI is InChI=1S/C37H55N3O6/c1-13-25(5)40(33(42)30(23(2)3)39-35(44)46-37(10,11)12)31(28-21-17-18-24(4)26(28)6)32(41)38-29(34(43)45-36(7,8)9)22-27-19-15-14-16-20-27/h14-21,23,25,29-31H,13,22H2,1-12H3,(H,38,41)(H,39,44). The average Bonchev–Trinajstić information content (AvgIpc) is 2.93. The van der Waals surface area contributed by atoms with E-state index >= 15 is 0 Å². The molecule has 4 unspecified atom stereocenters. The lowest BCUT2D eigenvalue weighted by molar-refractivity contribution is -0.159. The summed E-state index contributed by atoms with van der Waals surface area (Å²) in [7, 11) is 0. The van der Waals surface area contributed by atoms with Gasteiger partial charge in [0.1, 0.15) is 29.3 Å². The average molecular weight is 638 g/mol. The van der Waals surface area contributed by atoms with Crippen molar-refractivity contribution >= 4 is 23.9 Å². The van der Waals surface area contributed by atoms with Crippen molar-refractivity contribution in [3.63, 3.8) is 0 Å².